The van der Waals surface area contributed by atoms with Crippen molar-refractivity contribution in [3.05, 3.63) is 54.1 Å². The van der Waals surface area contributed by atoms with Crippen LogP contribution in [0.1, 0.15) is 32.3 Å². The molecule has 0 saturated heterocycles. The van der Waals surface area contributed by atoms with Gasteiger partial charge in [0.1, 0.15) is 0 Å². The van der Waals surface area contributed by atoms with Gasteiger partial charge in [-0.05, 0) is 35.7 Å². The van der Waals surface area contributed by atoms with E-state index >= 15 is 0 Å². The van der Waals surface area contributed by atoms with Crippen LogP contribution in [-0.4, -0.2) is 17.7 Å². The average molecular weight is 339 g/mol. The second kappa shape index (κ2) is 8.10. The van der Waals surface area contributed by atoms with E-state index < -0.39 is 11.8 Å². The second-order valence-corrected chi connectivity index (χ2v) is 5.91. The number of hydrogen-bond acceptors (Lipinski definition) is 3. The molecule has 130 valence electrons. The Balaban J connectivity index is 2.06. The number of benzene rings is 2. The van der Waals surface area contributed by atoms with Crippen molar-refractivity contribution in [2.45, 2.75) is 26.7 Å². The molecule has 0 saturated carbocycles. The van der Waals surface area contributed by atoms with Crippen LogP contribution >= 0.6 is 0 Å². The van der Waals surface area contributed by atoms with Gasteiger partial charge in [0.25, 0.3) is 0 Å². The maximum absolute atomic E-state index is 12.2. The molecule has 0 fully saturated rings. The summed E-state index contributed by atoms with van der Waals surface area (Å²) >= 11 is 0. The van der Waals surface area contributed by atoms with Gasteiger partial charge >= 0.3 is 11.8 Å². The van der Waals surface area contributed by atoms with E-state index in [0.29, 0.717) is 17.1 Å². The Labute approximate surface area is 146 Å². The van der Waals surface area contributed by atoms with Gasteiger partial charge in [-0.25, -0.2) is 0 Å². The zero-order valence-corrected chi connectivity index (χ0v) is 14.4. The van der Waals surface area contributed by atoms with E-state index in [4.69, 9.17) is 0 Å². The third-order valence-electron chi connectivity index (χ3n) is 3.48. The van der Waals surface area contributed by atoms with E-state index in [0.717, 1.165) is 5.56 Å². The molecule has 3 amide bonds. The quantitative estimate of drug-likeness (QED) is 0.747. The van der Waals surface area contributed by atoms with Crippen molar-refractivity contribution in [2.75, 3.05) is 16.0 Å². The monoisotopic (exact) mass is 339 g/mol. The maximum Gasteiger partial charge on any atom is 0.314 e. The molecule has 0 atom stereocenters. The van der Waals surface area contributed by atoms with Crippen LogP contribution in [-0.2, 0) is 14.4 Å². The molecule has 0 radical (unpaired) electrons. The lowest BCUT2D eigenvalue weighted by molar-refractivity contribution is -0.133. The number of anilines is 3. The predicted octanol–water partition coefficient (Wildman–Crippen LogP) is 3.35. The molecule has 0 spiro atoms. The second-order valence-electron chi connectivity index (χ2n) is 5.91. The number of rotatable bonds is 4. The van der Waals surface area contributed by atoms with Crippen molar-refractivity contribution in [2.24, 2.45) is 0 Å². The minimum atomic E-state index is -0.779. The third-order valence-corrected chi connectivity index (χ3v) is 3.48. The van der Waals surface area contributed by atoms with Crippen molar-refractivity contribution >= 4 is 34.8 Å². The molecule has 0 heterocycles. The third kappa shape index (κ3) is 5.17. The van der Waals surface area contributed by atoms with E-state index in [1.807, 2.05) is 26.0 Å². The summed E-state index contributed by atoms with van der Waals surface area (Å²) in [5.41, 5.74) is 2.53. The van der Waals surface area contributed by atoms with E-state index in [1.165, 1.54) is 6.92 Å². The van der Waals surface area contributed by atoms with Crippen molar-refractivity contribution < 1.29 is 14.4 Å². The molecular formula is C19H21N3O3. The Kier molecular flexibility index (Phi) is 5.89. The lowest BCUT2D eigenvalue weighted by atomic mass is 10.0. The summed E-state index contributed by atoms with van der Waals surface area (Å²) in [6.07, 6.45) is 0. The zero-order chi connectivity index (χ0) is 18.4. The van der Waals surface area contributed by atoms with E-state index in [-0.39, 0.29) is 11.8 Å². The lowest BCUT2D eigenvalue weighted by Crippen LogP contribution is -2.29. The van der Waals surface area contributed by atoms with Gasteiger partial charge in [-0.3, -0.25) is 14.4 Å². The summed E-state index contributed by atoms with van der Waals surface area (Å²) in [4.78, 5) is 35.4. The van der Waals surface area contributed by atoms with Crippen molar-refractivity contribution in [3.8, 4) is 0 Å². The standard InChI is InChI=1S/C19H21N3O3/c1-12(2)16-9-4-5-10-17(16)22-19(25)18(24)21-15-8-6-7-14(11-15)20-13(3)23/h4-12H,1-3H3,(H,20,23)(H,21,24)(H,22,25). The molecule has 0 unspecified atom stereocenters. The number of carbonyl (C=O) groups is 3. The molecule has 0 aromatic heterocycles. The fourth-order valence-electron chi connectivity index (χ4n) is 2.36. The minimum Gasteiger partial charge on any atom is -0.326 e. The summed E-state index contributed by atoms with van der Waals surface area (Å²) < 4.78 is 0. The summed E-state index contributed by atoms with van der Waals surface area (Å²) in [6, 6.07) is 13.9. The number of nitrogens with one attached hydrogen (secondary N) is 3. The molecule has 0 aliphatic carbocycles. The Morgan fingerprint density at radius 1 is 0.800 bits per heavy atom. The van der Waals surface area contributed by atoms with Crippen LogP contribution in [0.5, 0.6) is 0 Å². The van der Waals surface area contributed by atoms with Crippen LogP contribution < -0.4 is 16.0 Å². The first-order valence-corrected chi connectivity index (χ1v) is 7.95. The molecule has 0 aliphatic heterocycles. The Bertz CT molecular complexity index is 800. The van der Waals surface area contributed by atoms with Gasteiger partial charge < -0.3 is 16.0 Å². The molecule has 0 aliphatic rings. The van der Waals surface area contributed by atoms with Gasteiger partial charge in [-0.1, -0.05) is 38.1 Å². The van der Waals surface area contributed by atoms with Crippen molar-refractivity contribution in [1.29, 1.82) is 0 Å². The molecule has 2 rings (SSSR count). The first-order valence-electron chi connectivity index (χ1n) is 7.95. The van der Waals surface area contributed by atoms with Crippen LogP contribution in [0.25, 0.3) is 0 Å². The molecule has 6 heteroatoms. The topological polar surface area (TPSA) is 87.3 Å². The van der Waals surface area contributed by atoms with Gasteiger partial charge in [0.2, 0.25) is 5.91 Å². The van der Waals surface area contributed by atoms with Gasteiger partial charge in [-0.2, -0.15) is 0 Å². The molecule has 0 bridgehead atoms. The van der Waals surface area contributed by atoms with E-state index in [1.54, 1.807) is 36.4 Å². The van der Waals surface area contributed by atoms with Crippen molar-refractivity contribution in [1.82, 2.24) is 0 Å². The largest absolute Gasteiger partial charge is 0.326 e. The lowest BCUT2D eigenvalue weighted by Gasteiger charge is -2.13. The first-order chi connectivity index (χ1) is 11.9. The fourth-order valence-corrected chi connectivity index (χ4v) is 2.36. The smallest absolute Gasteiger partial charge is 0.314 e. The predicted molar refractivity (Wildman–Crippen MR) is 98.5 cm³/mol. The van der Waals surface area contributed by atoms with Gasteiger partial charge in [-0.15, -0.1) is 0 Å². The van der Waals surface area contributed by atoms with Crippen LogP contribution in [0, 0.1) is 0 Å². The van der Waals surface area contributed by atoms with Gasteiger partial charge in [0.15, 0.2) is 0 Å². The summed E-state index contributed by atoms with van der Waals surface area (Å²) in [5.74, 6) is -1.53. The summed E-state index contributed by atoms with van der Waals surface area (Å²) in [5, 5.41) is 7.78. The molecule has 2 aromatic rings. The van der Waals surface area contributed by atoms with E-state index in [2.05, 4.69) is 16.0 Å². The molecule has 3 N–H and O–H groups in total. The zero-order valence-electron chi connectivity index (χ0n) is 14.4. The van der Waals surface area contributed by atoms with Crippen LogP contribution in [0.2, 0.25) is 0 Å². The fraction of sp³-hybridized carbons (Fsp3) is 0.211. The number of hydrogen-bond donors (Lipinski definition) is 3. The SMILES string of the molecule is CC(=O)Nc1cccc(NC(=O)C(=O)Nc2ccccc2C(C)C)c1. The highest BCUT2D eigenvalue weighted by Crippen LogP contribution is 2.23. The maximum atomic E-state index is 12.2. The minimum absolute atomic E-state index is 0.216. The number of para-hydroxylation sites is 1. The van der Waals surface area contributed by atoms with Crippen LogP contribution in [0.4, 0.5) is 17.1 Å². The Hall–Kier alpha value is -3.15. The van der Waals surface area contributed by atoms with Gasteiger partial charge in [0, 0.05) is 24.0 Å². The Morgan fingerprint density at radius 3 is 2.04 bits per heavy atom. The first kappa shape index (κ1) is 18.2. The molecule has 2 aromatic carbocycles. The number of carbonyl (C=O) groups excluding carboxylic acids is 3. The average Bonchev–Trinajstić information content (AvgIpc) is 2.54. The Morgan fingerprint density at radius 2 is 1.40 bits per heavy atom. The van der Waals surface area contributed by atoms with Crippen molar-refractivity contribution in [3.63, 3.8) is 0 Å². The van der Waals surface area contributed by atoms with Gasteiger partial charge in [0.05, 0.1) is 0 Å². The summed E-state index contributed by atoms with van der Waals surface area (Å²) in [7, 11) is 0. The van der Waals surface area contributed by atoms with E-state index in [9.17, 15) is 14.4 Å². The molecular weight excluding hydrogens is 318 g/mol. The van der Waals surface area contributed by atoms with Crippen LogP contribution in [0.3, 0.4) is 0 Å². The highest BCUT2D eigenvalue weighted by Gasteiger charge is 2.16. The summed E-state index contributed by atoms with van der Waals surface area (Å²) in [6.45, 7) is 5.42. The van der Waals surface area contributed by atoms with Crippen LogP contribution in [0.15, 0.2) is 48.5 Å². The molecule has 6 nitrogen and oxygen atoms in total. The number of amides is 3. The molecule has 25 heavy (non-hydrogen) atoms. The normalized spacial score (nSPS) is 10.2. The highest BCUT2D eigenvalue weighted by molar-refractivity contribution is 6.43. The highest BCUT2D eigenvalue weighted by atomic mass is 16.2.